The molecular weight excluding hydrogens is 264 g/mol. The maximum absolute atomic E-state index is 11.2. The minimum atomic E-state index is -0.451. The van der Waals surface area contributed by atoms with Crippen molar-refractivity contribution >= 4 is 23.2 Å². The first-order chi connectivity index (χ1) is 8.95. The van der Waals surface area contributed by atoms with Gasteiger partial charge in [0.25, 0.3) is 0 Å². The Morgan fingerprint density at radius 3 is 2.58 bits per heavy atom. The molecule has 1 heterocycles. The van der Waals surface area contributed by atoms with E-state index in [0.717, 1.165) is 18.5 Å². The first-order valence-electron chi connectivity index (χ1n) is 6.47. The lowest BCUT2D eigenvalue weighted by Gasteiger charge is -2.33. The summed E-state index contributed by atoms with van der Waals surface area (Å²) in [6.07, 6.45) is 2.28. The first-order valence-corrected chi connectivity index (χ1v) is 6.85. The van der Waals surface area contributed by atoms with Crippen LogP contribution in [-0.2, 0) is 4.74 Å². The molecule has 0 saturated carbocycles. The minimum absolute atomic E-state index is 0.222. The summed E-state index contributed by atoms with van der Waals surface area (Å²) in [6, 6.07) is 5.32. The van der Waals surface area contributed by atoms with Crippen LogP contribution in [0.3, 0.4) is 0 Å². The quantitative estimate of drug-likeness (QED) is 0.896. The molecule has 5 heteroatoms. The number of rotatable bonds is 3. The molecule has 2 atom stereocenters. The van der Waals surface area contributed by atoms with Crippen LogP contribution in [0.25, 0.3) is 0 Å². The molecule has 0 aliphatic carbocycles. The van der Waals surface area contributed by atoms with Crippen LogP contribution in [0.4, 0.5) is 5.69 Å². The lowest BCUT2D eigenvalue weighted by Crippen LogP contribution is -2.37. The highest BCUT2D eigenvalue weighted by Gasteiger charge is 2.24. The largest absolute Gasteiger partial charge is 0.381 e. The van der Waals surface area contributed by atoms with Gasteiger partial charge in [-0.1, -0.05) is 11.6 Å². The zero-order valence-electron chi connectivity index (χ0n) is 11.2. The van der Waals surface area contributed by atoms with Crippen molar-refractivity contribution in [1.29, 1.82) is 0 Å². The topological polar surface area (TPSA) is 64.3 Å². The lowest BCUT2D eigenvalue weighted by atomic mass is 9.99. The van der Waals surface area contributed by atoms with E-state index in [-0.39, 0.29) is 12.2 Å². The second-order valence-electron chi connectivity index (χ2n) is 5.13. The third-order valence-corrected chi connectivity index (χ3v) is 3.64. The standard InChI is InChI=1S/C14H19ClN2O2/c1-8-5-11(6-9(2)19-8)17-13-7-10(14(16)18)3-4-12(13)15/h3-4,7-9,11,17H,5-6H2,1-2H3,(H2,16,18). The molecule has 1 aliphatic heterocycles. The van der Waals surface area contributed by atoms with Gasteiger partial charge in [-0.15, -0.1) is 0 Å². The second kappa shape index (κ2) is 5.80. The predicted molar refractivity (Wildman–Crippen MR) is 76.6 cm³/mol. The summed E-state index contributed by atoms with van der Waals surface area (Å²) in [5.74, 6) is -0.451. The van der Waals surface area contributed by atoms with Crippen LogP contribution in [-0.4, -0.2) is 24.2 Å². The van der Waals surface area contributed by atoms with Gasteiger partial charge in [0.15, 0.2) is 0 Å². The number of amides is 1. The number of ether oxygens (including phenoxy) is 1. The van der Waals surface area contributed by atoms with Crippen LogP contribution in [0.5, 0.6) is 0 Å². The van der Waals surface area contributed by atoms with E-state index >= 15 is 0 Å². The number of nitrogens with one attached hydrogen (secondary N) is 1. The third-order valence-electron chi connectivity index (χ3n) is 3.31. The Labute approximate surface area is 118 Å². The van der Waals surface area contributed by atoms with Gasteiger partial charge >= 0.3 is 0 Å². The molecule has 19 heavy (non-hydrogen) atoms. The molecule has 1 aliphatic rings. The summed E-state index contributed by atoms with van der Waals surface area (Å²) in [4.78, 5) is 11.2. The number of anilines is 1. The molecule has 0 aromatic heterocycles. The second-order valence-corrected chi connectivity index (χ2v) is 5.54. The number of halogens is 1. The van der Waals surface area contributed by atoms with Crippen LogP contribution in [0.1, 0.15) is 37.0 Å². The van der Waals surface area contributed by atoms with E-state index in [0.29, 0.717) is 16.6 Å². The molecule has 1 aromatic carbocycles. The van der Waals surface area contributed by atoms with E-state index < -0.39 is 5.91 Å². The fourth-order valence-corrected chi connectivity index (χ4v) is 2.70. The summed E-state index contributed by atoms with van der Waals surface area (Å²) in [7, 11) is 0. The Balaban J connectivity index is 2.13. The highest BCUT2D eigenvalue weighted by atomic mass is 35.5. The fraction of sp³-hybridized carbons (Fsp3) is 0.500. The third kappa shape index (κ3) is 3.61. The van der Waals surface area contributed by atoms with Crippen molar-refractivity contribution in [2.24, 2.45) is 5.73 Å². The molecule has 2 unspecified atom stereocenters. The summed E-state index contributed by atoms with van der Waals surface area (Å²) in [5, 5.41) is 3.98. The number of hydrogen-bond acceptors (Lipinski definition) is 3. The highest BCUT2D eigenvalue weighted by molar-refractivity contribution is 6.33. The van der Waals surface area contributed by atoms with Gasteiger partial charge in [-0.3, -0.25) is 4.79 Å². The first kappa shape index (κ1) is 14.2. The molecule has 0 spiro atoms. The van der Waals surface area contributed by atoms with Crippen molar-refractivity contribution in [2.75, 3.05) is 5.32 Å². The van der Waals surface area contributed by atoms with Crippen LogP contribution < -0.4 is 11.1 Å². The van der Waals surface area contributed by atoms with E-state index in [2.05, 4.69) is 19.2 Å². The van der Waals surface area contributed by atoms with Crippen LogP contribution in [0.15, 0.2) is 18.2 Å². The van der Waals surface area contributed by atoms with E-state index in [1.54, 1.807) is 18.2 Å². The molecule has 1 saturated heterocycles. The molecular formula is C14H19ClN2O2. The van der Waals surface area contributed by atoms with Gasteiger partial charge in [0.1, 0.15) is 0 Å². The summed E-state index contributed by atoms with van der Waals surface area (Å²) >= 11 is 6.15. The Bertz CT molecular complexity index is 469. The van der Waals surface area contributed by atoms with Crippen molar-refractivity contribution in [1.82, 2.24) is 0 Å². The predicted octanol–water partition coefficient (Wildman–Crippen LogP) is 2.81. The van der Waals surface area contributed by atoms with Gasteiger partial charge in [0.05, 0.1) is 22.9 Å². The number of carbonyl (C=O) groups is 1. The zero-order chi connectivity index (χ0) is 14.0. The monoisotopic (exact) mass is 282 g/mol. The summed E-state index contributed by atoms with van der Waals surface area (Å²) in [6.45, 7) is 4.12. The number of nitrogens with two attached hydrogens (primary N) is 1. The maximum atomic E-state index is 11.2. The Hall–Kier alpha value is -1.26. The average Bonchev–Trinajstić information content (AvgIpc) is 2.30. The van der Waals surface area contributed by atoms with Crippen LogP contribution in [0.2, 0.25) is 5.02 Å². The SMILES string of the molecule is CC1CC(Nc2cc(C(N)=O)ccc2Cl)CC(C)O1. The van der Waals surface area contributed by atoms with Gasteiger partial charge in [0.2, 0.25) is 5.91 Å². The van der Waals surface area contributed by atoms with Gasteiger partial charge in [-0.25, -0.2) is 0 Å². The smallest absolute Gasteiger partial charge is 0.248 e. The van der Waals surface area contributed by atoms with Gasteiger partial charge < -0.3 is 15.8 Å². The highest BCUT2D eigenvalue weighted by Crippen LogP contribution is 2.28. The van der Waals surface area contributed by atoms with Crippen molar-refractivity contribution in [3.63, 3.8) is 0 Å². The normalized spacial score (nSPS) is 27.0. The molecule has 2 rings (SSSR count). The van der Waals surface area contributed by atoms with Crippen molar-refractivity contribution in [3.05, 3.63) is 28.8 Å². The van der Waals surface area contributed by atoms with E-state index in [1.165, 1.54) is 0 Å². The summed E-state index contributed by atoms with van der Waals surface area (Å²) in [5.41, 5.74) is 6.49. The molecule has 3 N–H and O–H groups in total. The zero-order valence-corrected chi connectivity index (χ0v) is 11.9. The number of hydrogen-bond donors (Lipinski definition) is 2. The molecule has 1 amide bonds. The lowest BCUT2D eigenvalue weighted by molar-refractivity contribution is -0.0337. The summed E-state index contributed by atoms with van der Waals surface area (Å²) < 4.78 is 5.70. The van der Waals surface area contributed by atoms with Crippen molar-refractivity contribution < 1.29 is 9.53 Å². The molecule has 0 bridgehead atoms. The van der Waals surface area contributed by atoms with Gasteiger partial charge in [-0.05, 0) is 44.9 Å². The minimum Gasteiger partial charge on any atom is -0.381 e. The molecule has 1 fully saturated rings. The molecule has 104 valence electrons. The van der Waals surface area contributed by atoms with Crippen LogP contribution >= 0.6 is 11.6 Å². The Morgan fingerprint density at radius 1 is 1.37 bits per heavy atom. The van der Waals surface area contributed by atoms with Crippen molar-refractivity contribution in [3.8, 4) is 0 Å². The van der Waals surface area contributed by atoms with E-state index in [9.17, 15) is 4.79 Å². The van der Waals surface area contributed by atoms with Gasteiger partial charge in [-0.2, -0.15) is 0 Å². The van der Waals surface area contributed by atoms with E-state index in [4.69, 9.17) is 22.1 Å². The molecule has 1 aromatic rings. The fourth-order valence-electron chi connectivity index (χ4n) is 2.53. The maximum Gasteiger partial charge on any atom is 0.248 e. The van der Waals surface area contributed by atoms with Gasteiger partial charge in [0, 0.05) is 11.6 Å². The van der Waals surface area contributed by atoms with Crippen molar-refractivity contribution in [2.45, 2.75) is 44.9 Å². The molecule has 4 nitrogen and oxygen atoms in total. The average molecular weight is 283 g/mol. The Kier molecular flexibility index (Phi) is 4.32. The molecule has 0 radical (unpaired) electrons. The number of carbonyl (C=O) groups excluding carboxylic acids is 1. The Morgan fingerprint density at radius 2 is 2.00 bits per heavy atom. The van der Waals surface area contributed by atoms with E-state index in [1.807, 2.05) is 0 Å². The number of primary amides is 1. The van der Waals surface area contributed by atoms with Crippen LogP contribution in [0, 0.1) is 0 Å². The number of benzene rings is 1.